The Bertz CT molecular complexity index is 554. The van der Waals surface area contributed by atoms with Crippen LogP contribution < -0.4 is 5.73 Å². The van der Waals surface area contributed by atoms with E-state index in [0.29, 0.717) is 11.9 Å². The Morgan fingerprint density at radius 3 is 2.65 bits per heavy atom. The average Bonchev–Trinajstić information content (AvgIpc) is 2.68. The first kappa shape index (κ1) is 11.7. The van der Waals surface area contributed by atoms with Crippen molar-refractivity contribution < 1.29 is 17.6 Å². The Morgan fingerprint density at radius 1 is 1.24 bits per heavy atom. The highest BCUT2D eigenvalue weighted by molar-refractivity contribution is 5.80. The van der Waals surface area contributed by atoms with Gasteiger partial charge in [0, 0.05) is 11.9 Å². The molecular formula is C12H10F3NO. The van der Waals surface area contributed by atoms with Crippen LogP contribution in [-0.2, 0) is 6.18 Å². The van der Waals surface area contributed by atoms with Crippen molar-refractivity contribution >= 4 is 17.0 Å². The Kier molecular flexibility index (Phi) is 2.93. The Morgan fingerprint density at radius 2 is 2.00 bits per heavy atom. The minimum absolute atomic E-state index is 0.224. The number of alkyl halides is 3. The number of benzene rings is 1. The largest absolute Gasteiger partial charge is 0.452 e. The summed E-state index contributed by atoms with van der Waals surface area (Å²) < 4.78 is 41.9. The Hall–Kier alpha value is -1.75. The van der Waals surface area contributed by atoms with Gasteiger partial charge in [0.25, 0.3) is 0 Å². The van der Waals surface area contributed by atoms with Crippen molar-refractivity contribution in [3.8, 4) is 0 Å². The zero-order chi connectivity index (χ0) is 12.5. The maximum Gasteiger partial charge on any atom is 0.449 e. The number of hydrogen-bond donors (Lipinski definition) is 1. The monoisotopic (exact) mass is 241 g/mol. The van der Waals surface area contributed by atoms with Crippen molar-refractivity contribution in [2.45, 2.75) is 6.18 Å². The summed E-state index contributed by atoms with van der Waals surface area (Å²) in [6.45, 7) is 0.386. The van der Waals surface area contributed by atoms with E-state index in [1.807, 2.05) is 0 Å². The lowest BCUT2D eigenvalue weighted by atomic mass is 10.1. The van der Waals surface area contributed by atoms with Crippen LogP contribution in [0.3, 0.4) is 0 Å². The molecule has 0 bridgehead atoms. The van der Waals surface area contributed by atoms with Gasteiger partial charge in [0.15, 0.2) is 0 Å². The molecule has 1 aromatic carbocycles. The molecule has 2 aromatic rings. The van der Waals surface area contributed by atoms with Gasteiger partial charge in [0.05, 0.1) is 0 Å². The molecule has 1 aromatic heterocycles. The minimum Gasteiger partial charge on any atom is -0.452 e. The zero-order valence-electron chi connectivity index (χ0n) is 8.79. The van der Waals surface area contributed by atoms with Crippen LogP contribution in [0.2, 0.25) is 0 Å². The summed E-state index contributed by atoms with van der Waals surface area (Å²) in [5, 5.41) is 0.427. The SMILES string of the molecule is NC/C=C/c1ccc2oc(C(F)(F)F)cc2c1. The predicted molar refractivity (Wildman–Crippen MR) is 59.3 cm³/mol. The van der Waals surface area contributed by atoms with E-state index in [1.54, 1.807) is 24.3 Å². The lowest BCUT2D eigenvalue weighted by Crippen LogP contribution is -2.01. The van der Waals surface area contributed by atoms with E-state index in [1.165, 1.54) is 6.07 Å². The van der Waals surface area contributed by atoms with Crippen LogP contribution in [-0.4, -0.2) is 6.54 Å². The first-order chi connectivity index (χ1) is 8.00. The van der Waals surface area contributed by atoms with Gasteiger partial charge in [-0.2, -0.15) is 13.2 Å². The van der Waals surface area contributed by atoms with E-state index < -0.39 is 11.9 Å². The Balaban J connectivity index is 2.44. The molecule has 0 aliphatic carbocycles. The van der Waals surface area contributed by atoms with Crippen LogP contribution in [0.4, 0.5) is 13.2 Å². The van der Waals surface area contributed by atoms with Gasteiger partial charge in [-0.3, -0.25) is 0 Å². The smallest absolute Gasteiger partial charge is 0.449 e. The van der Waals surface area contributed by atoms with Gasteiger partial charge in [-0.05, 0) is 23.8 Å². The van der Waals surface area contributed by atoms with Crippen LogP contribution >= 0.6 is 0 Å². The molecule has 0 aliphatic heterocycles. The molecule has 0 saturated heterocycles. The third-order valence-electron chi connectivity index (χ3n) is 2.27. The highest BCUT2D eigenvalue weighted by Crippen LogP contribution is 2.34. The van der Waals surface area contributed by atoms with Crippen molar-refractivity contribution in [3.63, 3.8) is 0 Å². The molecular weight excluding hydrogens is 231 g/mol. The van der Waals surface area contributed by atoms with E-state index in [9.17, 15) is 13.2 Å². The summed E-state index contributed by atoms with van der Waals surface area (Å²) in [7, 11) is 0. The molecule has 90 valence electrons. The van der Waals surface area contributed by atoms with Gasteiger partial charge in [0.1, 0.15) is 5.58 Å². The van der Waals surface area contributed by atoms with Crippen molar-refractivity contribution in [3.05, 3.63) is 41.7 Å². The van der Waals surface area contributed by atoms with Gasteiger partial charge in [-0.25, -0.2) is 0 Å². The maximum absolute atomic E-state index is 12.4. The van der Waals surface area contributed by atoms with Gasteiger partial charge in [-0.15, -0.1) is 0 Å². The van der Waals surface area contributed by atoms with E-state index in [0.717, 1.165) is 11.6 Å². The molecule has 0 amide bonds. The van der Waals surface area contributed by atoms with E-state index in [2.05, 4.69) is 0 Å². The minimum atomic E-state index is -4.45. The molecule has 0 atom stereocenters. The molecule has 0 unspecified atom stereocenters. The highest BCUT2D eigenvalue weighted by Gasteiger charge is 2.35. The predicted octanol–water partition coefficient (Wildman–Crippen LogP) is 3.42. The van der Waals surface area contributed by atoms with Crippen molar-refractivity contribution in [1.82, 2.24) is 0 Å². The lowest BCUT2D eigenvalue weighted by molar-refractivity contribution is -0.152. The summed E-state index contributed by atoms with van der Waals surface area (Å²) >= 11 is 0. The number of fused-ring (bicyclic) bond motifs is 1. The summed E-state index contributed by atoms with van der Waals surface area (Å²) in [4.78, 5) is 0. The molecule has 0 saturated carbocycles. The van der Waals surface area contributed by atoms with Gasteiger partial charge in [0.2, 0.25) is 5.76 Å². The van der Waals surface area contributed by atoms with Gasteiger partial charge in [-0.1, -0.05) is 18.2 Å². The van der Waals surface area contributed by atoms with Crippen LogP contribution in [0, 0.1) is 0 Å². The zero-order valence-corrected chi connectivity index (χ0v) is 8.79. The molecule has 2 N–H and O–H groups in total. The van der Waals surface area contributed by atoms with Crippen molar-refractivity contribution in [2.75, 3.05) is 6.54 Å². The number of furan rings is 1. The fourth-order valence-electron chi connectivity index (χ4n) is 1.51. The van der Waals surface area contributed by atoms with E-state index in [4.69, 9.17) is 10.2 Å². The quantitative estimate of drug-likeness (QED) is 0.874. The molecule has 2 rings (SSSR count). The second-order valence-corrected chi connectivity index (χ2v) is 3.54. The molecule has 1 heterocycles. The molecule has 5 heteroatoms. The molecule has 17 heavy (non-hydrogen) atoms. The van der Waals surface area contributed by atoms with E-state index in [-0.39, 0.29) is 5.58 Å². The second kappa shape index (κ2) is 4.25. The normalized spacial score (nSPS) is 12.7. The van der Waals surface area contributed by atoms with Crippen LogP contribution in [0.15, 0.2) is 34.8 Å². The third kappa shape index (κ3) is 2.50. The van der Waals surface area contributed by atoms with Crippen LogP contribution in [0.5, 0.6) is 0 Å². The van der Waals surface area contributed by atoms with Crippen LogP contribution in [0.1, 0.15) is 11.3 Å². The second-order valence-electron chi connectivity index (χ2n) is 3.54. The van der Waals surface area contributed by atoms with Gasteiger partial charge < -0.3 is 10.2 Å². The fraction of sp³-hybridized carbons (Fsp3) is 0.167. The maximum atomic E-state index is 12.4. The van der Waals surface area contributed by atoms with Gasteiger partial charge >= 0.3 is 6.18 Å². The fourth-order valence-corrected chi connectivity index (χ4v) is 1.51. The summed E-state index contributed by atoms with van der Waals surface area (Å²) in [6.07, 6.45) is -0.974. The molecule has 0 fully saturated rings. The number of nitrogens with two attached hydrogens (primary N) is 1. The molecule has 0 radical (unpaired) electrons. The summed E-state index contributed by atoms with van der Waals surface area (Å²) in [6, 6.07) is 5.81. The van der Waals surface area contributed by atoms with Crippen molar-refractivity contribution in [1.29, 1.82) is 0 Å². The molecule has 0 aliphatic rings. The molecule has 0 spiro atoms. The van der Waals surface area contributed by atoms with E-state index >= 15 is 0 Å². The average molecular weight is 241 g/mol. The first-order valence-electron chi connectivity index (χ1n) is 4.98. The first-order valence-corrected chi connectivity index (χ1v) is 4.98. The number of rotatable bonds is 2. The topological polar surface area (TPSA) is 39.2 Å². The Labute approximate surface area is 95.5 Å². The summed E-state index contributed by atoms with van der Waals surface area (Å²) in [5.74, 6) is -0.979. The standard InChI is InChI=1S/C12H10F3NO/c13-12(14,15)11-7-9-6-8(2-1-5-16)3-4-10(9)17-11/h1-4,6-7H,5,16H2/b2-1+. The van der Waals surface area contributed by atoms with Crippen LogP contribution in [0.25, 0.3) is 17.0 Å². The number of hydrogen-bond acceptors (Lipinski definition) is 2. The number of halogens is 3. The lowest BCUT2D eigenvalue weighted by Gasteiger charge is -1.98. The molecule has 2 nitrogen and oxygen atoms in total. The third-order valence-corrected chi connectivity index (χ3v) is 2.27. The summed E-state index contributed by atoms with van der Waals surface area (Å²) in [5.41, 5.74) is 6.31. The highest BCUT2D eigenvalue weighted by atomic mass is 19.4. The van der Waals surface area contributed by atoms with Crippen molar-refractivity contribution in [2.24, 2.45) is 5.73 Å².